The Morgan fingerprint density at radius 1 is 1.06 bits per heavy atom. The van der Waals surface area contributed by atoms with Crippen LogP contribution in [-0.4, -0.2) is 34.9 Å². The zero-order chi connectivity index (χ0) is 24.3. The second-order valence-electron chi connectivity index (χ2n) is 8.63. The molecule has 0 aliphatic heterocycles. The molecule has 32 heavy (non-hydrogen) atoms. The van der Waals surface area contributed by atoms with Crippen LogP contribution in [0.3, 0.4) is 0 Å². The summed E-state index contributed by atoms with van der Waals surface area (Å²) >= 11 is 0. The fraction of sp³-hybridized carbons (Fsp3) is 0.458. The number of hydrogen-bond acceptors (Lipinski definition) is 4. The smallest absolute Gasteiger partial charge is 0.417 e. The Balaban J connectivity index is 2.51. The number of hydrogen-bond donors (Lipinski definition) is 2. The Hall–Kier alpha value is -2.61. The Labute approximate surface area is 185 Å². The lowest BCUT2D eigenvalue weighted by molar-refractivity contribution is -0.266. The number of alkyl halides is 3. The molecule has 0 spiro atoms. The highest BCUT2D eigenvalue weighted by Gasteiger charge is 2.56. The normalized spacial score (nSPS) is 14.9. The molecule has 0 saturated carbocycles. The molecule has 0 bridgehead atoms. The Bertz CT molecular complexity index is 986. The largest absolute Gasteiger partial charge is 0.496 e. The van der Waals surface area contributed by atoms with E-state index >= 15 is 0 Å². The number of oxime groups is 1. The van der Waals surface area contributed by atoms with Gasteiger partial charge in [0.25, 0.3) is 0 Å². The highest BCUT2D eigenvalue weighted by atomic mass is 19.4. The first kappa shape index (κ1) is 25.6. The molecule has 0 aliphatic carbocycles. The van der Waals surface area contributed by atoms with E-state index in [9.17, 15) is 22.7 Å². The van der Waals surface area contributed by atoms with Crippen LogP contribution in [0.2, 0.25) is 0 Å². The van der Waals surface area contributed by atoms with Crippen molar-refractivity contribution >= 4 is 5.71 Å². The van der Waals surface area contributed by atoms with Crippen molar-refractivity contribution in [2.45, 2.75) is 64.1 Å². The van der Waals surface area contributed by atoms with Crippen LogP contribution in [0.1, 0.15) is 56.4 Å². The van der Waals surface area contributed by atoms with E-state index in [1.54, 1.807) is 26.0 Å². The van der Waals surface area contributed by atoms with Crippen molar-refractivity contribution in [3.8, 4) is 5.75 Å². The van der Waals surface area contributed by atoms with E-state index in [4.69, 9.17) is 9.94 Å². The van der Waals surface area contributed by atoms with E-state index in [0.29, 0.717) is 28.8 Å². The first-order chi connectivity index (χ1) is 14.8. The second-order valence-corrected chi connectivity index (χ2v) is 8.63. The third-order valence-electron chi connectivity index (χ3n) is 5.79. The summed E-state index contributed by atoms with van der Waals surface area (Å²) in [5.41, 5.74) is -2.24. The molecular weight excluding hydrogens is 426 g/mol. The molecule has 0 heterocycles. The predicted molar refractivity (Wildman–Crippen MR) is 115 cm³/mol. The number of ether oxygens (including phenoxy) is 1. The van der Waals surface area contributed by atoms with Crippen LogP contribution in [0.25, 0.3) is 0 Å². The van der Waals surface area contributed by atoms with E-state index in [0.717, 1.165) is 6.07 Å². The summed E-state index contributed by atoms with van der Waals surface area (Å²) in [5.74, 6) is -0.354. The Morgan fingerprint density at radius 3 is 2.25 bits per heavy atom. The van der Waals surface area contributed by atoms with Gasteiger partial charge in [-0.1, -0.05) is 38.1 Å². The molecule has 4 nitrogen and oxygen atoms in total. The molecule has 2 rings (SSSR count). The van der Waals surface area contributed by atoms with Crippen LogP contribution in [0.5, 0.6) is 5.75 Å². The van der Waals surface area contributed by atoms with Gasteiger partial charge in [-0.05, 0) is 66.1 Å². The number of halogens is 4. The zero-order valence-electron chi connectivity index (χ0n) is 18.8. The van der Waals surface area contributed by atoms with Crippen LogP contribution < -0.4 is 4.74 Å². The molecule has 176 valence electrons. The molecule has 0 radical (unpaired) electrons. The standard InChI is InChI=1S/C24H29F4NO3/c1-6-16-11-17(15(2)29-31)7-8-18(16)13-23(30,24(26,27)28)14-22(3,4)20-12-19(25)9-10-21(20)32-5/h7-12,30-31H,6,13-14H2,1-5H3/b29-15+. The quantitative estimate of drug-likeness (QED) is 0.229. The summed E-state index contributed by atoms with van der Waals surface area (Å²) in [6, 6.07) is 8.39. The van der Waals surface area contributed by atoms with Crippen LogP contribution >= 0.6 is 0 Å². The fourth-order valence-electron chi connectivity index (χ4n) is 4.02. The van der Waals surface area contributed by atoms with E-state index in [2.05, 4.69) is 5.16 Å². The highest BCUT2D eigenvalue weighted by molar-refractivity contribution is 5.98. The average Bonchev–Trinajstić information content (AvgIpc) is 2.72. The first-order valence-electron chi connectivity index (χ1n) is 10.2. The minimum Gasteiger partial charge on any atom is -0.496 e. The number of rotatable bonds is 8. The molecule has 8 heteroatoms. The maximum absolute atomic E-state index is 14.2. The highest BCUT2D eigenvalue weighted by Crippen LogP contribution is 2.45. The third-order valence-corrected chi connectivity index (χ3v) is 5.79. The van der Waals surface area contributed by atoms with E-state index in [1.165, 1.54) is 39.2 Å². The van der Waals surface area contributed by atoms with Crippen molar-refractivity contribution in [1.29, 1.82) is 0 Å². The van der Waals surface area contributed by atoms with Crippen molar-refractivity contribution in [3.63, 3.8) is 0 Å². The first-order valence-corrected chi connectivity index (χ1v) is 10.2. The van der Waals surface area contributed by atoms with Gasteiger partial charge in [0, 0.05) is 12.0 Å². The molecule has 1 unspecified atom stereocenters. The monoisotopic (exact) mass is 455 g/mol. The van der Waals surface area contributed by atoms with Crippen LogP contribution in [0.15, 0.2) is 41.6 Å². The molecular formula is C24H29F4NO3. The average molecular weight is 455 g/mol. The summed E-state index contributed by atoms with van der Waals surface area (Å²) in [4.78, 5) is 0. The number of benzene rings is 2. The number of aryl methyl sites for hydroxylation is 1. The SMILES string of the molecule is CCc1cc(/C(C)=N/O)ccc1CC(O)(CC(C)(C)c1cc(F)ccc1OC)C(F)(F)F. The topological polar surface area (TPSA) is 62.1 Å². The van der Waals surface area contributed by atoms with Crippen molar-refractivity contribution in [2.75, 3.05) is 7.11 Å². The fourth-order valence-corrected chi connectivity index (χ4v) is 4.02. The molecule has 0 aromatic heterocycles. The molecule has 0 fully saturated rings. The molecule has 2 N–H and O–H groups in total. The number of nitrogens with zero attached hydrogens (tertiary/aromatic N) is 1. The number of methoxy groups -OCH3 is 1. The van der Waals surface area contributed by atoms with Crippen molar-refractivity contribution in [2.24, 2.45) is 5.16 Å². The second kappa shape index (κ2) is 9.48. The molecule has 1 atom stereocenters. The summed E-state index contributed by atoms with van der Waals surface area (Å²) < 4.78 is 61.7. The lowest BCUT2D eigenvalue weighted by atomic mass is 9.72. The van der Waals surface area contributed by atoms with Crippen LogP contribution in [-0.2, 0) is 18.3 Å². The van der Waals surface area contributed by atoms with Crippen molar-refractivity contribution in [3.05, 3.63) is 64.5 Å². The third kappa shape index (κ3) is 5.41. The molecule has 2 aromatic rings. The van der Waals surface area contributed by atoms with Gasteiger partial charge < -0.3 is 15.1 Å². The molecule has 0 saturated heterocycles. The summed E-state index contributed by atoms with van der Waals surface area (Å²) in [7, 11) is 1.36. The maximum atomic E-state index is 14.2. The van der Waals surface area contributed by atoms with Gasteiger partial charge in [-0.3, -0.25) is 0 Å². The Morgan fingerprint density at radius 2 is 1.72 bits per heavy atom. The lowest BCUT2D eigenvalue weighted by Gasteiger charge is -2.39. The summed E-state index contributed by atoms with van der Waals surface area (Å²) in [6.07, 6.45) is -5.88. The summed E-state index contributed by atoms with van der Waals surface area (Å²) in [5, 5.41) is 23.1. The van der Waals surface area contributed by atoms with Gasteiger partial charge in [0.15, 0.2) is 5.60 Å². The molecule has 0 amide bonds. The predicted octanol–water partition coefficient (Wildman–Crippen LogP) is 5.80. The van der Waals surface area contributed by atoms with E-state index in [-0.39, 0.29) is 11.3 Å². The van der Waals surface area contributed by atoms with Gasteiger partial charge >= 0.3 is 6.18 Å². The van der Waals surface area contributed by atoms with Crippen LogP contribution in [0, 0.1) is 5.82 Å². The van der Waals surface area contributed by atoms with Crippen LogP contribution in [0.4, 0.5) is 17.6 Å². The van der Waals surface area contributed by atoms with Gasteiger partial charge in [0.05, 0.1) is 12.8 Å². The minimum atomic E-state index is -4.93. The van der Waals surface area contributed by atoms with Gasteiger partial charge in [-0.15, -0.1) is 0 Å². The van der Waals surface area contributed by atoms with Crippen molar-refractivity contribution < 1.29 is 32.6 Å². The number of aliphatic hydroxyl groups is 1. The van der Waals surface area contributed by atoms with Gasteiger partial charge in [0.1, 0.15) is 11.6 Å². The zero-order valence-corrected chi connectivity index (χ0v) is 18.8. The molecule has 2 aromatic carbocycles. The van der Waals surface area contributed by atoms with Crippen molar-refractivity contribution in [1.82, 2.24) is 0 Å². The van der Waals surface area contributed by atoms with E-state index < -0.39 is 35.9 Å². The van der Waals surface area contributed by atoms with Gasteiger partial charge in [-0.2, -0.15) is 13.2 Å². The van der Waals surface area contributed by atoms with Gasteiger partial charge in [0.2, 0.25) is 0 Å². The lowest BCUT2D eigenvalue weighted by Crippen LogP contribution is -2.51. The molecule has 0 aliphatic rings. The summed E-state index contributed by atoms with van der Waals surface area (Å²) in [6.45, 7) is 6.41. The van der Waals surface area contributed by atoms with E-state index in [1.807, 2.05) is 0 Å². The Kier molecular flexibility index (Phi) is 7.60. The minimum absolute atomic E-state index is 0.239. The van der Waals surface area contributed by atoms with Gasteiger partial charge in [-0.25, -0.2) is 4.39 Å². The maximum Gasteiger partial charge on any atom is 0.417 e.